The highest BCUT2D eigenvalue weighted by atomic mass is 16.4. The zero-order valence-corrected chi connectivity index (χ0v) is 8.38. The van der Waals surface area contributed by atoms with Gasteiger partial charge in [0.1, 0.15) is 6.54 Å². The molecule has 0 aliphatic heterocycles. The van der Waals surface area contributed by atoms with E-state index in [1.165, 1.54) is 0 Å². The summed E-state index contributed by atoms with van der Waals surface area (Å²) in [7, 11) is 0. The van der Waals surface area contributed by atoms with Gasteiger partial charge >= 0.3 is 5.97 Å². The quantitative estimate of drug-likeness (QED) is 0.775. The Hall–Kier alpha value is -2.30. The van der Waals surface area contributed by atoms with Gasteiger partial charge in [0.2, 0.25) is 0 Å². The van der Waals surface area contributed by atoms with Gasteiger partial charge < -0.3 is 10.8 Å². The van der Waals surface area contributed by atoms with Gasteiger partial charge in [0.15, 0.2) is 0 Å². The first-order chi connectivity index (χ1) is 7.59. The van der Waals surface area contributed by atoms with Crippen molar-refractivity contribution in [3.8, 4) is 0 Å². The van der Waals surface area contributed by atoms with Gasteiger partial charge in [-0.3, -0.25) is 14.2 Å². The van der Waals surface area contributed by atoms with E-state index >= 15 is 0 Å². The number of aliphatic carboxylic acids is 1. The van der Waals surface area contributed by atoms with Gasteiger partial charge in [-0.25, -0.2) is 0 Å². The lowest BCUT2D eigenvalue weighted by molar-refractivity contribution is -0.137. The molecule has 0 saturated carbocycles. The topological polar surface area (TPSA) is 85.3 Å². The highest BCUT2D eigenvalue weighted by Crippen LogP contribution is 2.13. The van der Waals surface area contributed by atoms with Gasteiger partial charge in [0, 0.05) is 5.39 Å². The number of aromatic nitrogens is 1. The number of nitrogens with zero attached hydrogens (tertiary/aromatic N) is 1. The van der Waals surface area contributed by atoms with Gasteiger partial charge in [0.05, 0.1) is 11.2 Å². The van der Waals surface area contributed by atoms with Crippen LogP contribution in [0.2, 0.25) is 0 Å². The van der Waals surface area contributed by atoms with Crippen LogP contribution in [0.4, 0.5) is 5.69 Å². The van der Waals surface area contributed by atoms with E-state index in [1.54, 1.807) is 30.3 Å². The van der Waals surface area contributed by atoms with Crippen LogP contribution in [0.5, 0.6) is 0 Å². The number of nitrogen functional groups attached to an aromatic ring is 1. The summed E-state index contributed by atoms with van der Waals surface area (Å²) >= 11 is 0. The van der Waals surface area contributed by atoms with Crippen molar-refractivity contribution in [1.29, 1.82) is 0 Å². The van der Waals surface area contributed by atoms with Crippen molar-refractivity contribution < 1.29 is 9.90 Å². The Kier molecular flexibility index (Phi) is 2.36. The van der Waals surface area contributed by atoms with Crippen molar-refractivity contribution in [2.45, 2.75) is 6.54 Å². The molecule has 2 rings (SSSR count). The molecule has 0 amide bonds. The molecular weight excluding hydrogens is 208 g/mol. The van der Waals surface area contributed by atoms with Gasteiger partial charge in [-0.05, 0) is 12.1 Å². The second kappa shape index (κ2) is 3.69. The molecule has 0 bridgehead atoms. The number of carboxylic acid groups (broad SMARTS) is 1. The summed E-state index contributed by atoms with van der Waals surface area (Å²) in [6.45, 7) is -0.385. The normalized spacial score (nSPS) is 10.5. The second-order valence-electron chi connectivity index (χ2n) is 3.44. The van der Waals surface area contributed by atoms with E-state index in [0.717, 1.165) is 9.95 Å². The van der Waals surface area contributed by atoms with Crippen molar-refractivity contribution in [3.05, 3.63) is 40.7 Å². The van der Waals surface area contributed by atoms with Crippen molar-refractivity contribution >= 4 is 22.6 Å². The molecule has 0 fully saturated rings. The predicted molar refractivity (Wildman–Crippen MR) is 60.3 cm³/mol. The SMILES string of the molecule is Nc1cc2ccccc2n(CC(=O)O)c1=O. The molecule has 0 spiro atoms. The number of para-hydroxylation sites is 1. The molecule has 0 aliphatic rings. The van der Waals surface area contributed by atoms with Crippen molar-refractivity contribution in [3.63, 3.8) is 0 Å². The Labute approximate surface area is 90.7 Å². The molecule has 5 heteroatoms. The predicted octanol–water partition coefficient (Wildman–Crippen LogP) is 0.668. The molecule has 0 radical (unpaired) electrons. The Morgan fingerprint density at radius 1 is 1.38 bits per heavy atom. The average molecular weight is 218 g/mol. The molecular formula is C11H10N2O3. The minimum atomic E-state index is -1.07. The summed E-state index contributed by atoms with van der Waals surface area (Å²) in [5.74, 6) is -1.07. The molecule has 2 aromatic rings. The molecule has 0 aliphatic carbocycles. The lowest BCUT2D eigenvalue weighted by atomic mass is 10.2. The minimum Gasteiger partial charge on any atom is -0.480 e. The number of hydrogen-bond donors (Lipinski definition) is 2. The Morgan fingerprint density at radius 3 is 2.75 bits per heavy atom. The minimum absolute atomic E-state index is 0.0555. The lowest BCUT2D eigenvalue weighted by Gasteiger charge is -2.08. The van der Waals surface area contributed by atoms with Crippen LogP contribution in [0, 0.1) is 0 Å². The zero-order valence-electron chi connectivity index (χ0n) is 8.38. The number of fused-ring (bicyclic) bond motifs is 1. The van der Waals surface area contributed by atoms with Crippen LogP contribution >= 0.6 is 0 Å². The summed E-state index contributed by atoms with van der Waals surface area (Å²) in [6, 6.07) is 8.58. The summed E-state index contributed by atoms with van der Waals surface area (Å²) < 4.78 is 1.16. The third-order valence-electron chi connectivity index (χ3n) is 2.32. The smallest absolute Gasteiger partial charge is 0.323 e. The number of carboxylic acids is 1. The second-order valence-corrected chi connectivity index (χ2v) is 3.44. The molecule has 3 N–H and O–H groups in total. The fourth-order valence-electron chi connectivity index (χ4n) is 1.64. The Bertz CT molecular complexity index is 616. The van der Waals surface area contributed by atoms with E-state index in [1.807, 2.05) is 0 Å². The molecule has 1 aromatic carbocycles. The van der Waals surface area contributed by atoms with E-state index < -0.39 is 11.5 Å². The molecule has 0 unspecified atom stereocenters. The van der Waals surface area contributed by atoms with Crippen molar-refractivity contribution in [2.24, 2.45) is 0 Å². The van der Waals surface area contributed by atoms with Crippen molar-refractivity contribution in [1.82, 2.24) is 4.57 Å². The van der Waals surface area contributed by atoms with Crippen molar-refractivity contribution in [2.75, 3.05) is 5.73 Å². The maximum atomic E-state index is 11.7. The lowest BCUT2D eigenvalue weighted by Crippen LogP contribution is -2.26. The van der Waals surface area contributed by atoms with Gasteiger partial charge in [-0.2, -0.15) is 0 Å². The summed E-state index contributed by atoms with van der Waals surface area (Å²) in [5, 5.41) is 9.49. The van der Waals surface area contributed by atoms with Crippen LogP contribution in [0.15, 0.2) is 35.1 Å². The number of carbonyl (C=O) groups is 1. The third-order valence-corrected chi connectivity index (χ3v) is 2.32. The van der Waals surface area contributed by atoms with E-state index in [2.05, 4.69) is 0 Å². The summed E-state index contributed by atoms with van der Waals surface area (Å²) in [4.78, 5) is 22.4. The van der Waals surface area contributed by atoms with Gasteiger partial charge in [0.25, 0.3) is 5.56 Å². The first-order valence-corrected chi connectivity index (χ1v) is 4.69. The molecule has 5 nitrogen and oxygen atoms in total. The summed E-state index contributed by atoms with van der Waals surface area (Å²) in [6.07, 6.45) is 0. The largest absolute Gasteiger partial charge is 0.480 e. The van der Waals surface area contributed by atoms with Crippen LogP contribution in [0.25, 0.3) is 10.9 Å². The number of anilines is 1. The summed E-state index contributed by atoms with van der Waals surface area (Å²) in [5.41, 5.74) is 5.69. The van der Waals surface area contributed by atoms with E-state index in [0.29, 0.717) is 5.52 Å². The first kappa shape index (κ1) is 10.2. The molecule has 16 heavy (non-hydrogen) atoms. The van der Waals surface area contributed by atoms with Crippen LogP contribution < -0.4 is 11.3 Å². The van der Waals surface area contributed by atoms with Gasteiger partial charge in [-0.1, -0.05) is 18.2 Å². The first-order valence-electron chi connectivity index (χ1n) is 4.69. The Morgan fingerprint density at radius 2 is 2.06 bits per heavy atom. The maximum Gasteiger partial charge on any atom is 0.323 e. The molecule has 1 heterocycles. The van der Waals surface area contributed by atoms with E-state index in [9.17, 15) is 9.59 Å². The zero-order chi connectivity index (χ0) is 11.7. The van der Waals surface area contributed by atoms with Crippen LogP contribution in [0.1, 0.15) is 0 Å². The van der Waals surface area contributed by atoms with Crippen LogP contribution in [0.3, 0.4) is 0 Å². The number of rotatable bonds is 2. The molecule has 1 aromatic heterocycles. The fraction of sp³-hybridized carbons (Fsp3) is 0.0909. The van der Waals surface area contributed by atoms with Gasteiger partial charge in [-0.15, -0.1) is 0 Å². The molecule has 0 saturated heterocycles. The van der Waals surface area contributed by atoms with E-state index in [-0.39, 0.29) is 12.2 Å². The number of benzene rings is 1. The van der Waals surface area contributed by atoms with Crippen LogP contribution in [-0.2, 0) is 11.3 Å². The standard InChI is InChI=1S/C11H10N2O3/c12-8-5-7-3-1-2-4-9(7)13(11(8)16)6-10(14)15/h1-5H,6,12H2,(H,14,15). The maximum absolute atomic E-state index is 11.7. The number of hydrogen-bond acceptors (Lipinski definition) is 3. The number of pyridine rings is 1. The van der Waals surface area contributed by atoms with Crippen LogP contribution in [-0.4, -0.2) is 15.6 Å². The Balaban J connectivity index is 2.81. The highest BCUT2D eigenvalue weighted by Gasteiger charge is 2.09. The molecule has 82 valence electrons. The monoisotopic (exact) mass is 218 g/mol. The molecule has 0 atom stereocenters. The third kappa shape index (κ3) is 1.63. The average Bonchev–Trinajstić information content (AvgIpc) is 2.24. The number of nitrogens with two attached hydrogens (primary N) is 1. The highest BCUT2D eigenvalue weighted by molar-refractivity contribution is 5.83. The fourth-order valence-corrected chi connectivity index (χ4v) is 1.64. The van der Waals surface area contributed by atoms with E-state index in [4.69, 9.17) is 10.8 Å².